The molecule has 116 valence electrons. The number of benzene rings is 1. The highest BCUT2D eigenvalue weighted by Crippen LogP contribution is 2.20. The van der Waals surface area contributed by atoms with Crippen LogP contribution in [-0.2, 0) is 4.79 Å². The fraction of sp³-hybridized carbons (Fsp3) is 0.500. The number of hydrazone groups is 1. The van der Waals surface area contributed by atoms with E-state index in [1.807, 2.05) is 13.8 Å². The van der Waals surface area contributed by atoms with Crippen molar-refractivity contribution in [3.8, 4) is 5.75 Å². The van der Waals surface area contributed by atoms with E-state index in [-0.39, 0.29) is 12.5 Å². The van der Waals surface area contributed by atoms with Gasteiger partial charge in [-0.2, -0.15) is 5.10 Å². The van der Waals surface area contributed by atoms with Crippen LogP contribution < -0.4 is 10.2 Å². The van der Waals surface area contributed by atoms with Gasteiger partial charge >= 0.3 is 0 Å². The van der Waals surface area contributed by atoms with Gasteiger partial charge in [0.15, 0.2) is 6.61 Å². The molecule has 5 heteroatoms. The summed E-state index contributed by atoms with van der Waals surface area (Å²) in [6.07, 6.45) is 3.97. The Kier molecular flexibility index (Phi) is 7.83. The lowest BCUT2D eigenvalue weighted by Crippen LogP contribution is -2.25. The first-order valence-electron chi connectivity index (χ1n) is 7.30. The normalized spacial score (nSPS) is 11.3. The van der Waals surface area contributed by atoms with Crippen LogP contribution in [0.4, 0.5) is 0 Å². The SMILES string of the molecule is CCCC/C(CC)=N/NC(=O)COc1ccc(Cl)c(C)c1. The molecule has 0 fully saturated rings. The minimum atomic E-state index is -0.259. The van der Waals surface area contributed by atoms with Crippen LogP contribution in [0.2, 0.25) is 5.02 Å². The molecule has 0 saturated heterocycles. The first-order valence-corrected chi connectivity index (χ1v) is 7.67. The summed E-state index contributed by atoms with van der Waals surface area (Å²) in [6, 6.07) is 5.30. The highest BCUT2D eigenvalue weighted by molar-refractivity contribution is 6.31. The number of hydrogen-bond acceptors (Lipinski definition) is 3. The second-order valence-electron chi connectivity index (χ2n) is 4.87. The summed E-state index contributed by atoms with van der Waals surface area (Å²) in [5.74, 6) is 0.364. The predicted octanol–water partition coefficient (Wildman–Crippen LogP) is 4.10. The number of unbranched alkanes of at least 4 members (excludes halogenated alkanes) is 1. The molecule has 0 aliphatic carbocycles. The average Bonchev–Trinajstić information content (AvgIpc) is 2.48. The van der Waals surface area contributed by atoms with E-state index in [2.05, 4.69) is 17.5 Å². The molecular formula is C16H23ClN2O2. The van der Waals surface area contributed by atoms with E-state index in [9.17, 15) is 4.79 Å². The molecule has 4 nitrogen and oxygen atoms in total. The quantitative estimate of drug-likeness (QED) is 0.580. The predicted molar refractivity (Wildman–Crippen MR) is 87.1 cm³/mol. The van der Waals surface area contributed by atoms with E-state index in [4.69, 9.17) is 16.3 Å². The molecule has 1 N–H and O–H groups in total. The van der Waals surface area contributed by atoms with Gasteiger partial charge in [-0.25, -0.2) is 5.43 Å². The largest absolute Gasteiger partial charge is 0.484 e. The Morgan fingerprint density at radius 2 is 2.14 bits per heavy atom. The van der Waals surface area contributed by atoms with Gasteiger partial charge in [0.2, 0.25) is 0 Å². The van der Waals surface area contributed by atoms with Crippen molar-refractivity contribution in [2.24, 2.45) is 5.10 Å². The lowest BCUT2D eigenvalue weighted by molar-refractivity contribution is -0.123. The minimum Gasteiger partial charge on any atom is -0.484 e. The van der Waals surface area contributed by atoms with E-state index < -0.39 is 0 Å². The fourth-order valence-electron chi connectivity index (χ4n) is 1.72. The van der Waals surface area contributed by atoms with Crippen LogP contribution in [0.3, 0.4) is 0 Å². The van der Waals surface area contributed by atoms with Crippen LogP contribution in [-0.4, -0.2) is 18.2 Å². The fourth-order valence-corrected chi connectivity index (χ4v) is 1.84. The van der Waals surface area contributed by atoms with Gasteiger partial charge in [-0.1, -0.05) is 31.9 Å². The van der Waals surface area contributed by atoms with E-state index in [1.165, 1.54) is 0 Å². The number of amides is 1. The maximum Gasteiger partial charge on any atom is 0.277 e. The lowest BCUT2D eigenvalue weighted by Gasteiger charge is -2.07. The molecule has 0 spiro atoms. The molecule has 1 aromatic carbocycles. The molecule has 0 radical (unpaired) electrons. The molecule has 0 saturated carbocycles. The summed E-state index contributed by atoms with van der Waals surface area (Å²) < 4.78 is 5.41. The lowest BCUT2D eigenvalue weighted by atomic mass is 10.1. The van der Waals surface area contributed by atoms with Crippen LogP contribution in [0, 0.1) is 6.92 Å². The van der Waals surface area contributed by atoms with Crippen molar-refractivity contribution in [3.63, 3.8) is 0 Å². The van der Waals surface area contributed by atoms with Crippen LogP contribution >= 0.6 is 11.6 Å². The topological polar surface area (TPSA) is 50.7 Å². The van der Waals surface area contributed by atoms with Gasteiger partial charge in [-0.3, -0.25) is 4.79 Å². The Hall–Kier alpha value is -1.55. The summed E-state index contributed by atoms with van der Waals surface area (Å²) in [5, 5.41) is 4.82. The van der Waals surface area contributed by atoms with Crippen molar-refractivity contribution in [1.82, 2.24) is 5.43 Å². The van der Waals surface area contributed by atoms with E-state index in [0.717, 1.165) is 37.0 Å². The van der Waals surface area contributed by atoms with Gasteiger partial charge in [-0.05, 0) is 49.9 Å². The molecule has 1 amide bonds. The summed E-state index contributed by atoms with van der Waals surface area (Å²) in [6.45, 7) is 6.00. The van der Waals surface area contributed by atoms with Crippen LogP contribution in [0.1, 0.15) is 45.1 Å². The number of aryl methyl sites for hydroxylation is 1. The third-order valence-corrected chi connectivity index (χ3v) is 3.49. The van der Waals surface area contributed by atoms with Gasteiger partial charge in [0.25, 0.3) is 5.91 Å². The zero-order chi connectivity index (χ0) is 15.7. The zero-order valence-corrected chi connectivity index (χ0v) is 13.7. The van der Waals surface area contributed by atoms with E-state index in [0.29, 0.717) is 10.8 Å². The Balaban J connectivity index is 2.42. The van der Waals surface area contributed by atoms with Gasteiger partial charge in [-0.15, -0.1) is 0 Å². The maximum absolute atomic E-state index is 11.7. The Morgan fingerprint density at radius 3 is 2.76 bits per heavy atom. The second-order valence-corrected chi connectivity index (χ2v) is 5.28. The summed E-state index contributed by atoms with van der Waals surface area (Å²) in [5.41, 5.74) is 4.46. The van der Waals surface area contributed by atoms with Crippen molar-refractivity contribution in [1.29, 1.82) is 0 Å². The van der Waals surface area contributed by atoms with E-state index in [1.54, 1.807) is 18.2 Å². The third-order valence-electron chi connectivity index (χ3n) is 3.07. The van der Waals surface area contributed by atoms with Gasteiger partial charge < -0.3 is 4.74 Å². The van der Waals surface area contributed by atoms with Crippen LogP contribution in [0.15, 0.2) is 23.3 Å². The Bertz CT molecular complexity index is 501. The molecule has 0 aliphatic heterocycles. The third kappa shape index (κ3) is 6.63. The molecule has 0 aliphatic rings. The monoisotopic (exact) mass is 310 g/mol. The van der Waals surface area contributed by atoms with Crippen LogP contribution in [0.5, 0.6) is 5.75 Å². The van der Waals surface area contributed by atoms with Crippen molar-refractivity contribution in [2.45, 2.75) is 46.5 Å². The van der Waals surface area contributed by atoms with Gasteiger partial charge in [0.05, 0.1) is 0 Å². The number of nitrogens with one attached hydrogen (secondary N) is 1. The molecule has 0 atom stereocenters. The molecule has 21 heavy (non-hydrogen) atoms. The number of halogens is 1. The summed E-state index contributed by atoms with van der Waals surface area (Å²) in [4.78, 5) is 11.7. The van der Waals surface area contributed by atoms with Crippen molar-refractivity contribution in [2.75, 3.05) is 6.61 Å². The Morgan fingerprint density at radius 1 is 1.38 bits per heavy atom. The maximum atomic E-state index is 11.7. The van der Waals surface area contributed by atoms with Crippen molar-refractivity contribution < 1.29 is 9.53 Å². The second kappa shape index (κ2) is 9.40. The minimum absolute atomic E-state index is 0.0602. The number of carbonyl (C=O) groups is 1. The zero-order valence-electron chi connectivity index (χ0n) is 12.9. The number of ether oxygens (including phenoxy) is 1. The Labute approximate surface area is 131 Å². The van der Waals surface area contributed by atoms with Crippen molar-refractivity contribution >= 4 is 23.2 Å². The van der Waals surface area contributed by atoms with Crippen molar-refractivity contribution in [3.05, 3.63) is 28.8 Å². The highest BCUT2D eigenvalue weighted by atomic mass is 35.5. The molecule has 0 unspecified atom stereocenters. The first kappa shape index (κ1) is 17.5. The number of hydrogen-bond donors (Lipinski definition) is 1. The molecular weight excluding hydrogens is 288 g/mol. The number of rotatable bonds is 8. The summed E-state index contributed by atoms with van der Waals surface area (Å²) >= 11 is 5.93. The molecule has 1 rings (SSSR count). The van der Waals surface area contributed by atoms with Gasteiger partial charge in [0.1, 0.15) is 5.75 Å². The smallest absolute Gasteiger partial charge is 0.277 e. The van der Waals surface area contributed by atoms with E-state index >= 15 is 0 Å². The molecule has 0 bridgehead atoms. The van der Waals surface area contributed by atoms with Crippen LogP contribution in [0.25, 0.3) is 0 Å². The molecule has 0 aromatic heterocycles. The highest BCUT2D eigenvalue weighted by Gasteiger charge is 2.04. The average molecular weight is 311 g/mol. The number of nitrogens with zero attached hydrogens (tertiary/aromatic N) is 1. The standard InChI is InChI=1S/C16H23ClN2O2/c1-4-6-7-13(5-2)18-19-16(20)11-21-14-8-9-15(17)12(3)10-14/h8-10H,4-7,11H2,1-3H3,(H,19,20)/b18-13+. The van der Waals surface area contributed by atoms with Gasteiger partial charge in [0, 0.05) is 10.7 Å². The molecule has 1 aromatic rings. The first-order chi connectivity index (χ1) is 10.1. The number of carbonyl (C=O) groups excluding carboxylic acids is 1. The molecule has 0 heterocycles. The summed E-state index contributed by atoms with van der Waals surface area (Å²) in [7, 11) is 0.